The Morgan fingerprint density at radius 2 is 2.21 bits per heavy atom. The van der Waals surface area contributed by atoms with E-state index in [-0.39, 0.29) is 38.1 Å². The zero-order valence-corrected chi connectivity index (χ0v) is 10.7. The maximum Gasteiger partial charge on any atom is 0.327 e. The summed E-state index contributed by atoms with van der Waals surface area (Å²) in [6.07, 6.45) is 0. The number of hydrogen-bond donors (Lipinski definition) is 1. The van der Waals surface area contributed by atoms with Crippen molar-refractivity contribution < 1.29 is 24.2 Å². The molecule has 0 radical (unpaired) electrons. The highest BCUT2D eigenvalue weighted by Gasteiger charge is 2.37. The lowest BCUT2D eigenvalue weighted by atomic mass is 10.2. The Hall–Kier alpha value is -1.67. The van der Waals surface area contributed by atoms with Gasteiger partial charge in [0.2, 0.25) is 5.91 Å². The van der Waals surface area contributed by atoms with Gasteiger partial charge in [0.1, 0.15) is 13.1 Å². The molecule has 1 atom stereocenters. The molecule has 1 unspecified atom stereocenters. The second-order valence-electron chi connectivity index (χ2n) is 4.62. The van der Waals surface area contributed by atoms with Gasteiger partial charge in [0, 0.05) is 13.6 Å². The van der Waals surface area contributed by atoms with Crippen LogP contribution in [0.15, 0.2) is 0 Å². The smallest absolute Gasteiger partial charge is 0.327 e. The molecule has 0 spiro atoms. The number of hydrogen-bond acceptors (Lipinski definition) is 5. The zero-order valence-electron chi connectivity index (χ0n) is 10.7. The number of morpholine rings is 1. The lowest BCUT2D eigenvalue weighted by molar-refractivity contribution is -0.144. The van der Waals surface area contributed by atoms with Crippen LogP contribution in [0.4, 0.5) is 4.79 Å². The summed E-state index contributed by atoms with van der Waals surface area (Å²) in [5.74, 6) is -0.728. The summed E-state index contributed by atoms with van der Waals surface area (Å²) in [5, 5.41) is 9.19. The van der Waals surface area contributed by atoms with Crippen molar-refractivity contribution in [2.24, 2.45) is 0 Å². The molecule has 2 aliphatic rings. The van der Waals surface area contributed by atoms with Gasteiger partial charge in [-0.25, -0.2) is 4.79 Å². The number of ether oxygens (including phenoxy) is 1. The number of carbonyl (C=O) groups excluding carboxylic acids is 3. The number of aliphatic hydroxyl groups excluding tert-OH is 1. The number of nitrogens with zero attached hydrogens (tertiary/aromatic N) is 3. The molecule has 2 aliphatic heterocycles. The molecule has 1 N–H and O–H groups in total. The second kappa shape index (κ2) is 5.54. The van der Waals surface area contributed by atoms with Gasteiger partial charge >= 0.3 is 6.03 Å². The molecule has 2 rings (SSSR count). The number of rotatable bonds is 3. The largest absolute Gasteiger partial charge is 0.394 e. The van der Waals surface area contributed by atoms with Gasteiger partial charge in [-0.1, -0.05) is 0 Å². The molecule has 19 heavy (non-hydrogen) atoms. The summed E-state index contributed by atoms with van der Waals surface area (Å²) in [7, 11) is 1.51. The van der Waals surface area contributed by atoms with E-state index in [0.29, 0.717) is 13.2 Å². The first-order chi connectivity index (χ1) is 9.04. The van der Waals surface area contributed by atoms with Crippen molar-refractivity contribution in [2.45, 2.75) is 6.04 Å². The van der Waals surface area contributed by atoms with Crippen molar-refractivity contribution in [3.8, 4) is 0 Å². The van der Waals surface area contributed by atoms with E-state index in [9.17, 15) is 19.5 Å². The van der Waals surface area contributed by atoms with E-state index in [1.165, 1.54) is 16.8 Å². The number of carbonyl (C=O) groups is 3. The monoisotopic (exact) mass is 271 g/mol. The van der Waals surface area contributed by atoms with Crippen LogP contribution < -0.4 is 0 Å². The van der Waals surface area contributed by atoms with Crippen LogP contribution in [0.1, 0.15) is 0 Å². The van der Waals surface area contributed by atoms with Crippen LogP contribution in [0.25, 0.3) is 0 Å². The minimum absolute atomic E-state index is 0.00134. The van der Waals surface area contributed by atoms with Crippen molar-refractivity contribution in [1.29, 1.82) is 0 Å². The van der Waals surface area contributed by atoms with E-state index in [1.54, 1.807) is 0 Å². The molecule has 2 heterocycles. The van der Waals surface area contributed by atoms with Crippen LogP contribution in [0.2, 0.25) is 0 Å². The van der Waals surface area contributed by atoms with Gasteiger partial charge < -0.3 is 19.6 Å². The molecule has 4 amide bonds. The van der Waals surface area contributed by atoms with E-state index >= 15 is 0 Å². The third-order valence-corrected chi connectivity index (χ3v) is 3.28. The summed E-state index contributed by atoms with van der Waals surface area (Å²) < 4.78 is 5.17. The Labute approximate surface area is 110 Å². The topological polar surface area (TPSA) is 90.4 Å². The van der Waals surface area contributed by atoms with Gasteiger partial charge in [-0.15, -0.1) is 0 Å². The number of urea groups is 1. The molecule has 8 nitrogen and oxygen atoms in total. The molecule has 0 saturated carbocycles. The van der Waals surface area contributed by atoms with Crippen LogP contribution in [-0.4, -0.2) is 90.2 Å². The lowest BCUT2D eigenvalue weighted by Crippen LogP contribution is -2.53. The Bertz CT molecular complexity index is 400. The van der Waals surface area contributed by atoms with Crippen LogP contribution in [0.3, 0.4) is 0 Å². The van der Waals surface area contributed by atoms with Gasteiger partial charge in [-0.2, -0.15) is 0 Å². The van der Waals surface area contributed by atoms with E-state index in [2.05, 4.69) is 0 Å². The normalized spacial score (nSPS) is 24.3. The fourth-order valence-electron chi connectivity index (χ4n) is 2.18. The average Bonchev–Trinajstić information content (AvgIpc) is 2.65. The summed E-state index contributed by atoms with van der Waals surface area (Å²) in [5.41, 5.74) is 0. The summed E-state index contributed by atoms with van der Waals surface area (Å²) in [4.78, 5) is 39.0. The first-order valence-electron chi connectivity index (χ1n) is 6.08. The first kappa shape index (κ1) is 13.8. The maximum atomic E-state index is 12.1. The van der Waals surface area contributed by atoms with Crippen LogP contribution in [0.5, 0.6) is 0 Å². The van der Waals surface area contributed by atoms with Gasteiger partial charge in [-0.05, 0) is 0 Å². The molecule has 0 aliphatic carbocycles. The molecule has 0 aromatic carbocycles. The minimum atomic E-state index is -0.466. The Kier molecular flexibility index (Phi) is 4.01. The quantitative estimate of drug-likeness (QED) is 0.606. The number of imide groups is 1. The van der Waals surface area contributed by atoms with E-state index in [4.69, 9.17) is 4.74 Å². The molecule has 0 aromatic rings. The molecule has 0 aromatic heterocycles. The highest BCUT2D eigenvalue weighted by molar-refractivity contribution is 6.04. The van der Waals surface area contributed by atoms with Crippen molar-refractivity contribution in [3.05, 3.63) is 0 Å². The summed E-state index contributed by atoms with van der Waals surface area (Å²) >= 11 is 0. The van der Waals surface area contributed by atoms with E-state index in [1.807, 2.05) is 0 Å². The van der Waals surface area contributed by atoms with Gasteiger partial charge in [0.25, 0.3) is 5.91 Å². The molecule has 8 heteroatoms. The van der Waals surface area contributed by atoms with Crippen LogP contribution in [-0.2, 0) is 14.3 Å². The molecule has 2 fully saturated rings. The molecule has 0 bridgehead atoms. The predicted octanol–water partition coefficient (Wildman–Crippen LogP) is -1.90. The Balaban J connectivity index is 2.00. The number of aliphatic hydroxyl groups is 1. The molecule has 2 saturated heterocycles. The highest BCUT2D eigenvalue weighted by Crippen LogP contribution is 2.11. The maximum absolute atomic E-state index is 12.1. The second-order valence-corrected chi connectivity index (χ2v) is 4.62. The highest BCUT2D eigenvalue weighted by atomic mass is 16.5. The third-order valence-electron chi connectivity index (χ3n) is 3.28. The SMILES string of the molecule is CN1CC(=O)N(CC(=O)N2CCOCC2CO)C1=O. The summed E-state index contributed by atoms with van der Waals surface area (Å²) in [6.45, 7) is 0.537. The molecule has 106 valence electrons. The first-order valence-corrected chi connectivity index (χ1v) is 6.08. The van der Waals surface area contributed by atoms with Crippen molar-refractivity contribution in [3.63, 3.8) is 0 Å². The summed E-state index contributed by atoms with van der Waals surface area (Å²) in [6, 6.07) is -0.876. The van der Waals surface area contributed by atoms with Crippen LogP contribution >= 0.6 is 0 Å². The van der Waals surface area contributed by atoms with Crippen molar-refractivity contribution in [2.75, 3.05) is 46.5 Å². The zero-order chi connectivity index (χ0) is 14.0. The average molecular weight is 271 g/mol. The molecular weight excluding hydrogens is 254 g/mol. The predicted molar refractivity (Wildman–Crippen MR) is 63.1 cm³/mol. The third kappa shape index (κ3) is 2.69. The number of likely N-dealkylation sites (N-methyl/N-ethyl adjacent to an activating group) is 1. The van der Waals surface area contributed by atoms with Crippen molar-refractivity contribution >= 4 is 17.8 Å². The fraction of sp³-hybridized carbons (Fsp3) is 0.727. The van der Waals surface area contributed by atoms with Crippen LogP contribution in [0, 0.1) is 0 Å². The van der Waals surface area contributed by atoms with Gasteiger partial charge in [-0.3, -0.25) is 14.5 Å². The fourth-order valence-corrected chi connectivity index (χ4v) is 2.18. The van der Waals surface area contributed by atoms with Gasteiger partial charge in [0.05, 0.1) is 25.9 Å². The van der Waals surface area contributed by atoms with E-state index < -0.39 is 12.1 Å². The van der Waals surface area contributed by atoms with Crippen molar-refractivity contribution in [1.82, 2.24) is 14.7 Å². The minimum Gasteiger partial charge on any atom is -0.394 e. The molecular formula is C11H17N3O5. The Morgan fingerprint density at radius 3 is 2.79 bits per heavy atom. The standard InChI is InChI=1S/C11H17N3O5/c1-12-4-9(16)14(11(12)18)5-10(17)13-2-3-19-7-8(13)6-15/h8,15H,2-7H2,1H3. The number of amides is 4. The van der Waals surface area contributed by atoms with Gasteiger partial charge in [0.15, 0.2) is 0 Å². The van der Waals surface area contributed by atoms with E-state index in [0.717, 1.165) is 4.90 Å². The lowest BCUT2D eigenvalue weighted by Gasteiger charge is -2.35. The Morgan fingerprint density at radius 1 is 1.47 bits per heavy atom.